The average molecular weight is 319 g/mol. The van der Waals surface area contributed by atoms with Crippen LogP contribution in [0.4, 0.5) is 18.9 Å². The first-order chi connectivity index (χ1) is 10.7. The van der Waals surface area contributed by atoms with Gasteiger partial charge in [0.1, 0.15) is 0 Å². The number of hydrogen-bond donors (Lipinski definition) is 1. The van der Waals surface area contributed by atoms with Gasteiger partial charge in [-0.3, -0.25) is 0 Å². The van der Waals surface area contributed by atoms with Crippen LogP contribution in [-0.4, -0.2) is 0 Å². The second-order valence-electron chi connectivity index (χ2n) is 7.11. The van der Waals surface area contributed by atoms with E-state index < -0.39 is 11.7 Å². The van der Waals surface area contributed by atoms with Gasteiger partial charge in [-0.15, -0.1) is 0 Å². The topological polar surface area (TPSA) is 12.0 Å². The van der Waals surface area contributed by atoms with Crippen LogP contribution < -0.4 is 5.32 Å². The zero-order valence-corrected chi connectivity index (χ0v) is 13.5. The van der Waals surface area contributed by atoms with Crippen molar-refractivity contribution in [3.63, 3.8) is 0 Å². The largest absolute Gasteiger partial charge is 0.418 e. The third-order valence-corrected chi connectivity index (χ3v) is 4.38. The Morgan fingerprint density at radius 1 is 0.957 bits per heavy atom. The summed E-state index contributed by atoms with van der Waals surface area (Å²) in [5, 5.41) is 3.06. The predicted molar refractivity (Wildman–Crippen MR) is 86.7 cm³/mol. The number of hydrogen-bond acceptors (Lipinski definition) is 1. The van der Waals surface area contributed by atoms with Crippen molar-refractivity contribution in [1.82, 2.24) is 0 Å². The molecule has 1 atom stereocenters. The summed E-state index contributed by atoms with van der Waals surface area (Å²) in [7, 11) is 0. The van der Waals surface area contributed by atoms with Crippen LogP contribution in [0.25, 0.3) is 0 Å². The molecule has 0 fully saturated rings. The average Bonchev–Trinajstić information content (AvgIpc) is 2.89. The molecule has 0 bridgehead atoms. The normalized spacial score (nSPS) is 17.7. The van der Waals surface area contributed by atoms with Gasteiger partial charge in [0, 0.05) is 0 Å². The zero-order valence-electron chi connectivity index (χ0n) is 13.5. The maximum atomic E-state index is 13.1. The molecule has 3 rings (SSSR count). The maximum absolute atomic E-state index is 13.1. The molecule has 0 spiro atoms. The van der Waals surface area contributed by atoms with E-state index in [4.69, 9.17) is 0 Å². The van der Waals surface area contributed by atoms with E-state index in [-0.39, 0.29) is 17.1 Å². The first-order valence-corrected chi connectivity index (χ1v) is 7.72. The van der Waals surface area contributed by atoms with Crippen molar-refractivity contribution in [2.24, 2.45) is 0 Å². The van der Waals surface area contributed by atoms with Crippen LogP contribution in [-0.2, 0) is 18.0 Å². The molecule has 0 saturated heterocycles. The first-order valence-electron chi connectivity index (χ1n) is 7.72. The van der Waals surface area contributed by atoms with Crippen molar-refractivity contribution in [2.75, 3.05) is 5.32 Å². The van der Waals surface area contributed by atoms with E-state index in [9.17, 15) is 13.2 Å². The van der Waals surface area contributed by atoms with Gasteiger partial charge in [-0.1, -0.05) is 57.2 Å². The fourth-order valence-electron chi connectivity index (χ4n) is 3.04. The highest BCUT2D eigenvalue weighted by molar-refractivity contribution is 5.64. The van der Waals surface area contributed by atoms with E-state index in [0.717, 1.165) is 17.2 Å². The number of para-hydroxylation sites is 1. The molecule has 1 unspecified atom stereocenters. The van der Waals surface area contributed by atoms with E-state index in [2.05, 4.69) is 38.2 Å². The van der Waals surface area contributed by atoms with Crippen LogP contribution in [0.1, 0.15) is 49.1 Å². The summed E-state index contributed by atoms with van der Waals surface area (Å²) in [4.78, 5) is 0. The minimum atomic E-state index is -4.33. The fourth-order valence-corrected chi connectivity index (χ4v) is 3.04. The third-order valence-electron chi connectivity index (χ3n) is 4.38. The number of rotatable bonds is 1. The summed E-state index contributed by atoms with van der Waals surface area (Å²) in [6, 6.07) is 12.4. The molecule has 4 heteroatoms. The van der Waals surface area contributed by atoms with Crippen molar-refractivity contribution in [1.29, 1.82) is 0 Å². The second-order valence-corrected chi connectivity index (χ2v) is 7.11. The van der Waals surface area contributed by atoms with Crippen LogP contribution in [0.2, 0.25) is 0 Å². The van der Waals surface area contributed by atoms with Crippen molar-refractivity contribution >= 4 is 5.69 Å². The number of benzene rings is 2. The molecular weight excluding hydrogens is 299 g/mol. The molecule has 1 N–H and O–H groups in total. The highest BCUT2D eigenvalue weighted by atomic mass is 19.4. The summed E-state index contributed by atoms with van der Waals surface area (Å²) in [6.07, 6.45) is -3.75. The van der Waals surface area contributed by atoms with E-state index in [0.29, 0.717) is 6.42 Å². The number of nitrogens with one attached hydrogen (secondary N) is 1. The molecule has 23 heavy (non-hydrogen) atoms. The van der Waals surface area contributed by atoms with Crippen molar-refractivity contribution in [3.8, 4) is 0 Å². The van der Waals surface area contributed by atoms with E-state index in [1.807, 2.05) is 12.1 Å². The molecule has 1 heterocycles. The Kier molecular flexibility index (Phi) is 3.66. The molecule has 0 saturated carbocycles. The minimum Gasteiger partial charge on any atom is -0.377 e. The summed E-state index contributed by atoms with van der Waals surface area (Å²) in [5.41, 5.74) is 2.67. The van der Waals surface area contributed by atoms with Gasteiger partial charge in [0.25, 0.3) is 0 Å². The Morgan fingerprint density at radius 2 is 1.61 bits per heavy atom. The molecule has 0 aliphatic carbocycles. The molecule has 1 aliphatic heterocycles. The Morgan fingerprint density at radius 3 is 2.17 bits per heavy atom. The molecule has 2 aromatic carbocycles. The van der Waals surface area contributed by atoms with Gasteiger partial charge < -0.3 is 5.32 Å². The lowest BCUT2D eigenvalue weighted by Gasteiger charge is -2.20. The number of fused-ring (bicyclic) bond motifs is 1. The summed E-state index contributed by atoms with van der Waals surface area (Å²) in [5.74, 6) is 0. The Bertz CT molecular complexity index is 709. The van der Waals surface area contributed by atoms with Gasteiger partial charge in [-0.25, -0.2) is 0 Å². The number of alkyl halides is 3. The quantitative estimate of drug-likeness (QED) is 0.709. The highest BCUT2D eigenvalue weighted by Crippen LogP contribution is 2.43. The second kappa shape index (κ2) is 5.29. The summed E-state index contributed by atoms with van der Waals surface area (Å²) in [6.45, 7) is 6.42. The van der Waals surface area contributed by atoms with E-state index in [1.165, 1.54) is 11.6 Å². The first kappa shape index (κ1) is 15.9. The van der Waals surface area contributed by atoms with Crippen LogP contribution in [0, 0.1) is 0 Å². The lowest BCUT2D eigenvalue weighted by Crippen LogP contribution is -2.13. The van der Waals surface area contributed by atoms with Crippen molar-refractivity contribution < 1.29 is 13.2 Å². The lowest BCUT2D eigenvalue weighted by molar-refractivity contribution is -0.136. The maximum Gasteiger partial charge on any atom is 0.418 e. The SMILES string of the molecule is CC(C)(C)c1ccc(C2Cc3cccc(C(F)(F)F)c3N2)cc1. The molecular formula is C19H20F3N. The van der Waals surface area contributed by atoms with Crippen molar-refractivity contribution in [3.05, 3.63) is 64.7 Å². The lowest BCUT2D eigenvalue weighted by atomic mass is 9.86. The Hall–Kier alpha value is -1.97. The summed E-state index contributed by atoms with van der Waals surface area (Å²) < 4.78 is 39.4. The smallest absolute Gasteiger partial charge is 0.377 e. The Balaban J connectivity index is 1.88. The van der Waals surface area contributed by atoms with Crippen molar-refractivity contribution in [2.45, 2.75) is 44.8 Å². The fraction of sp³-hybridized carbons (Fsp3) is 0.368. The highest BCUT2D eigenvalue weighted by Gasteiger charge is 2.37. The number of anilines is 1. The minimum absolute atomic E-state index is 0.0635. The monoisotopic (exact) mass is 319 g/mol. The van der Waals surface area contributed by atoms with Gasteiger partial charge in [0.05, 0.1) is 17.3 Å². The van der Waals surface area contributed by atoms with Crippen LogP contribution in [0.15, 0.2) is 42.5 Å². The molecule has 122 valence electrons. The summed E-state index contributed by atoms with van der Waals surface area (Å²) >= 11 is 0. The van der Waals surface area contributed by atoms with E-state index >= 15 is 0 Å². The molecule has 0 amide bonds. The Labute approximate surface area is 134 Å². The zero-order chi connectivity index (χ0) is 16.8. The standard InChI is InChI=1S/C19H20F3N/c1-18(2,3)14-9-7-12(8-10-14)16-11-13-5-4-6-15(17(13)23-16)19(20,21)22/h4-10,16,23H,11H2,1-3H3. The molecule has 1 nitrogen and oxygen atoms in total. The van der Waals surface area contributed by atoms with Crippen LogP contribution >= 0.6 is 0 Å². The van der Waals surface area contributed by atoms with Crippen LogP contribution in [0.5, 0.6) is 0 Å². The molecule has 0 radical (unpaired) electrons. The third kappa shape index (κ3) is 3.07. The molecule has 0 aromatic heterocycles. The van der Waals surface area contributed by atoms with Gasteiger partial charge >= 0.3 is 6.18 Å². The number of halogens is 3. The van der Waals surface area contributed by atoms with Gasteiger partial charge in [0.2, 0.25) is 0 Å². The van der Waals surface area contributed by atoms with Crippen LogP contribution in [0.3, 0.4) is 0 Å². The van der Waals surface area contributed by atoms with E-state index in [1.54, 1.807) is 6.07 Å². The predicted octanol–water partition coefficient (Wildman–Crippen LogP) is 5.71. The van der Waals surface area contributed by atoms with Gasteiger partial charge in [0.15, 0.2) is 0 Å². The molecule has 1 aliphatic rings. The molecule has 2 aromatic rings. The van der Waals surface area contributed by atoms with Gasteiger partial charge in [-0.2, -0.15) is 13.2 Å². The van der Waals surface area contributed by atoms with Gasteiger partial charge in [-0.05, 0) is 34.6 Å².